The van der Waals surface area contributed by atoms with Gasteiger partial charge in [-0.1, -0.05) is 36.8 Å². The van der Waals surface area contributed by atoms with Crippen LogP contribution in [-0.2, 0) is 11.2 Å². The van der Waals surface area contributed by atoms with Gasteiger partial charge in [0.25, 0.3) is 0 Å². The van der Waals surface area contributed by atoms with E-state index in [1.54, 1.807) is 0 Å². The third-order valence-electron chi connectivity index (χ3n) is 4.41. The number of nitrogens with one attached hydrogen (secondary N) is 1. The lowest BCUT2D eigenvalue weighted by molar-refractivity contribution is -0.121. The summed E-state index contributed by atoms with van der Waals surface area (Å²) in [5, 5.41) is 3.91. The topological polar surface area (TPSA) is 58.1 Å². The van der Waals surface area contributed by atoms with E-state index in [1.165, 1.54) is 22.7 Å². The Morgan fingerprint density at radius 1 is 1.23 bits per heavy atom. The largest absolute Gasteiger partial charge is 0.354 e. The number of hydrogen-bond acceptors (Lipinski definition) is 5. The summed E-state index contributed by atoms with van der Waals surface area (Å²) < 4.78 is 4.51. The Hall–Kier alpha value is -1.95. The Bertz CT molecular complexity index is 696. The van der Waals surface area contributed by atoms with E-state index in [0.717, 1.165) is 23.8 Å². The molecule has 0 saturated heterocycles. The SMILES string of the molecule is CCC(C)NC(=O)CCN(c1nc(Cc2ccc(C)cc2)ns1)C(C)C. The molecule has 5 nitrogen and oxygen atoms in total. The predicted molar refractivity (Wildman–Crippen MR) is 109 cm³/mol. The summed E-state index contributed by atoms with van der Waals surface area (Å²) in [5.41, 5.74) is 2.46. The molecular weight excluding hydrogens is 344 g/mol. The van der Waals surface area contributed by atoms with Gasteiger partial charge in [-0.3, -0.25) is 4.79 Å². The summed E-state index contributed by atoms with van der Waals surface area (Å²) in [4.78, 5) is 18.9. The highest BCUT2D eigenvalue weighted by Gasteiger charge is 2.17. The van der Waals surface area contributed by atoms with Crippen LogP contribution in [0.15, 0.2) is 24.3 Å². The fourth-order valence-corrected chi connectivity index (χ4v) is 3.41. The van der Waals surface area contributed by atoms with Gasteiger partial charge >= 0.3 is 0 Å². The van der Waals surface area contributed by atoms with Crippen molar-refractivity contribution < 1.29 is 4.79 Å². The first-order chi connectivity index (χ1) is 12.4. The van der Waals surface area contributed by atoms with Crippen LogP contribution in [0.3, 0.4) is 0 Å². The highest BCUT2D eigenvalue weighted by Crippen LogP contribution is 2.21. The predicted octanol–water partition coefficient (Wildman–Crippen LogP) is 3.96. The van der Waals surface area contributed by atoms with Crippen LogP contribution < -0.4 is 10.2 Å². The summed E-state index contributed by atoms with van der Waals surface area (Å²) in [6, 6.07) is 8.95. The Labute approximate surface area is 161 Å². The summed E-state index contributed by atoms with van der Waals surface area (Å²) >= 11 is 1.41. The summed E-state index contributed by atoms with van der Waals surface area (Å²) in [6.07, 6.45) is 2.14. The van der Waals surface area contributed by atoms with Crippen LogP contribution in [-0.4, -0.2) is 33.9 Å². The zero-order valence-corrected chi connectivity index (χ0v) is 17.3. The highest BCUT2D eigenvalue weighted by molar-refractivity contribution is 7.09. The van der Waals surface area contributed by atoms with E-state index in [0.29, 0.717) is 13.0 Å². The molecule has 142 valence electrons. The van der Waals surface area contributed by atoms with Crippen LogP contribution in [0.4, 0.5) is 5.13 Å². The molecule has 0 radical (unpaired) electrons. The number of rotatable bonds is 9. The molecule has 1 aromatic carbocycles. The molecule has 26 heavy (non-hydrogen) atoms. The number of hydrogen-bond donors (Lipinski definition) is 1. The summed E-state index contributed by atoms with van der Waals surface area (Å²) in [5.74, 6) is 0.929. The number of nitrogens with zero attached hydrogens (tertiary/aromatic N) is 3. The minimum absolute atomic E-state index is 0.0920. The fourth-order valence-electron chi connectivity index (χ4n) is 2.57. The number of amides is 1. The normalized spacial score (nSPS) is 12.2. The molecule has 6 heteroatoms. The molecule has 2 rings (SSSR count). The monoisotopic (exact) mass is 374 g/mol. The molecule has 0 bridgehead atoms. The minimum atomic E-state index is 0.0920. The maximum Gasteiger partial charge on any atom is 0.221 e. The smallest absolute Gasteiger partial charge is 0.221 e. The number of benzene rings is 1. The van der Waals surface area contributed by atoms with Crippen LogP contribution in [0.2, 0.25) is 0 Å². The molecule has 1 aromatic heterocycles. The van der Waals surface area contributed by atoms with Gasteiger partial charge in [0, 0.05) is 43.0 Å². The third-order valence-corrected chi connectivity index (χ3v) is 5.20. The van der Waals surface area contributed by atoms with Crippen molar-refractivity contribution in [3.63, 3.8) is 0 Å². The van der Waals surface area contributed by atoms with Crippen molar-refractivity contribution in [3.8, 4) is 0 Å². The first kappa shape index (κ1) is 20.4. The van der Waals surface area contributed by atoms with Crippen LogP contribution in [0.25, 0.3) is 0 Å². The molecule has 0 fully saturated rings. The number of aromatic nitrogens is 2. The minimum Gasteiger partial charge on any atom is -0.354 e. The Kier molecular flexibility index (Phi) is 7.57. The first-order valence-corrected chi connectivity index (χ1v) is 10.1. The number of aryl methyl sites for hydroxylation is 1. The van der Waals surface area contributed by atoms with Crippen LogP contribution >= 0.6 is 11.5 Å². The molecule has 0 aliphatic heterocycles. The molecule has 1 atom stereocenters. The van der Waals surface area contributed by atoms with E-state index in [1.807, 2.05) is 6.92 Å². The van der Waals surface area contributed by atoms with Gasteiger partial charge in [0.05, 0.1) is 0 Å². The van der Waals surface area contributed by atoms with Crippen LogP contribution in [0.1, 0.15) is 57.5 Å². The Morgan fingerprint density at radius 2 is 1.92 bits per heavy atom. The molecule has 1 N–H and O–H groups in total. The lowest BCUT2D eigenvalue weighted by atomic mass is 10.1. The maximum atomic E-state index is 12.1. The van der Waals surface area contributed by atoms with Gasteiger partial charge in [-0.2, -0.15) is 4.37 Å². The molecule has 1 unspecified atom stereocenters. The quantitative estimate of drug-likeness (QED) is 0.722. The zero-order valence-electron chi connectivity index (χ0n) is 16.5. The highest BCUT2D eigenvalue weighted by atomic mass is 32.1. The van der Waals surface area contributed by atoms with E-state index >= 15 is 0 Å². The lowest BCUT2D eigenvalue weighted by Crippen LogP contribution is -2.37. The first-order valence-electron chi connectivity index (χ1n) is 9.33. The average molecular weight is 375 g/mol. The molecule has 0 saturated carbocycles. The zero-order chi connectivity index (χ0) is 19.1. The number of carbonyl (C=O) groups is 1. The summed E-state index contributed by atoms with van der Waals surface area (Å²) in [6.45, 7) is 11.1. The van der Waals surface area contributed by atoms with Crippen molar-refractivity contribution in [3.05, 3.63) is 41.2 Å². The lowest BCUT2D eigenvalue weighted by Gasteiger charge is -2.25. The van der Waals surface area contributed by atoms with E-state index in [-0.39, 0.29) is 18.0 Å². The van der Waals surface area contributed by atoms with Gasteiger partial charge < -0.3 is 10.2 Å². The molecule has 1 amide bonds. The Balaban J connectivity index is 1.98. The van der Waals surface area contributed by atoms with Gasteiger partial charge in [-0.15, -0.1) is 0 Å². The van der Waals surface area contributed by atoms with Crippen molar-refractivity contribution in [2.45, 2.75) is 66.0 Å². The van der Waals surface area contributed by atoms with Crippen molar-refractivity contribution >= 4 is 22.6 Å². The van der Waals surface area contributed by atoms with E-state index in [4.69, 9.17) is 4.98 Å². The van der Waals surface area contributed by atoms with Crippen LogP contribution in [0.5, 0.6) is 0 Å². The Morgan fingerprint density at radius 3 is 2.54 bits per heavy atom. The molecule has 0 spiro atoms. The fraction of sp³-hybridized carbons (Fsp3) is 0.550. The van der Waals surface area contributed by atoms with Crippen LogP contribution in [0, 0.1) is 6.92 Å². The van der Waals surface area contributed by atoms with Crippen molar-refractivity contribution in [1.82, 2.24) is 14.7 Å². The number of anilines is 1. The van der Waals surface area contributed by atoms with Crippen molar-refractivity contribution in [1.29, 1.82) is 0 Å². The second-order valence-electron chi connectivity index (χ2n) is 7.07. The summed E-state index contributed by atoms with van der Waals surface area (Å²) in [7, 11) is 0. The molecule has 0 aliphatic carbocycles. The second kappa shape index (κ2) is 9.67. The maximum absolute atomic E-state index is 12.1. The second-order valence-corrected chi connectivity index (χ2v) is 7.80. The van der Waals surface area contributed by atoms with Gasteiger partial charge in [0.15, 0.2) is 0 Å². The molecular formula is C20H30N4OS. The van der Waals surface area contributed by atoms with Gasteiger partial charge in [0.1, 0.15) is 5.82 Å². The van der Waals surface area contributed by atoms with Gasteiger partial charge in [-0.05, 0) is 39.7 Å². The van der Waals surface area contributed by atoms with Gasteiger partial charge in [0.2, 0.25) is 11.0 Å². The van der Waals surface area contributed by atoms with Crippen molar-refractivity contribution in [2.75, 3.05) is 11.4 Å². The van der Waals surface area contributed by atoms with E-state index in [2.05, 4.69) is 66.6 Å². The molecule has 0 aliphatic rings. The average Bonchev–Trinajstić information content (AvgIpc) is 3.04. The molecule has 1 heterocycles. The third kappa shape index (κ3) is 6.09. The number of carbonyl (C=O) groups excluding carboxylic acids is 1. The molecule has 2 aromatic rings. The van der Waals surface area contributed by atoms with Crippen molar-refractivity contribution in [2.24, 2.45) is 0 Å². The van der Waals surface area contributed by atoms with E-state index in [9.17, 15) is 4.79 Å². The van der Waals surface area contributed by atoms with Gasteiger partial charge in [-0.25, -0.2) is 4.98 Å². The van der Waals surface area contributed by atoms with E-state index < -0.39 is 0 Å². The standard InChI is InChI=1S/C20H30N4OS/c1-6-16(5)21-19(25)11-12-24(14(2)3)20-22-18(23-26-20)13-17-9-7-15(4)8-10-17/h7-10,14,16H,6,11-13H2,1-5H3,(H,21,25).